The van der Waals surface area contributed by atoms with Crippen LogP contribution in [0.3, 0.4) is 0 Å². The first kappa shape index (κ1) is 22.1. The molecule has 6 nitrogen and oxygen atoms in total. The smallest absolute Gasteiger partial charge is 0.340 e. The average molecular weight is 487 g/mol. The van der Waals surface area contributed by atoms with Crippen molar-refractivity contribution in [1.82, 2.24) is 9.78 Å². The number of carboxylic acid groups (broad SMARTS) is 1. The van der Waals surface area contributed by atoms with Crippen molar-refractivity contribution in [1.29, 1.82) is 0 Å². The molecule has 0 bridgehead atoms. The molecular weight excluding hydrogens is 471 g/mol. The van der Waals surface area contributed by atoms with Gasteiger partial charge in [-0.15, -0.1) is 0 Å². The standard InChI is InChI=1S/C23H16Cl2N2O4S/c1-32(30,31)19-12-10-18(11-13-19)27-22(15-4-8-17(25)9-5-15)20(23(28)29)21(26-27)14-2-6-16(24)7-3-14/h2-13H,1H3,(H,28,29). The van der Waals surface area contributed by atoms with Crippen LogP contribution in [-0.4, -0.2) is 35.5 Å². The number of hydrogen-bond acceptors (Lipinski definition) is 4. The van der Waals surface area contributed by atoms with Gasteiger partial charge in [-0.3, -0.25) is 0 Å². The van der Waals surface area contributed by atoms with Gasteiger partial charge in [0.15, 0.2) is 9.84 Å². The third kappa shape index (κ3) is 4.27. The highest BCUT2D eigenvalue weighted by molar-refractivity contribution is 7.90. The van der Waals surface area contributed by atoms with Crippen molar-refractivity contribution in [2.75, 3.05) is 6.26 Å². The largest absolute Gasteiger partial charge is 0.478 e. The van der Waals surface area contributed by atoms with Crippen molar-refractivity contribution >= 4 is 39.0 Å². The van der Waals surface area contributed by atoms with Crippen LogP contribution in [0, 0.1) is 0 Å². The van der Waals surface area contributed by atoms with Gasteiger partial charge in [0.25, 0.3) is 0 Å². The quantitative estimate of drug-likeness (QED) is 0.395. The highest BCUT2D eigenvalue weighted by atomic mass is 35.5. The van der Waals surface area contributed by atoms with Crippen molar-refractivity contribution in [2.45, 2.75) is 4.90 Å². The molecule has 162 valence electrons. The van der Waals surface area contributed by atoms with Crippen LogP contribution in [0.1, 0.15) is 10.4 Å². The van der Waals surface area contributed by atoms with Gasteiger partial charge in [0.05, 0.1) is 16.3 Å². The van der Waals surface area contributed by atoms with Crippen molar-refractivity contribution in [3.05, 3.63) is 88.4 Å². The highest BCUT2D eigenvalue weighted by Crippen LogP contribution is 2.35. The molecule has 4 aromatic rings. The summed E-state index contributed by atoms with van der Waals surface area (Å²) in [5.74, 6) is -1.15. The summed E-state index contributed by atoms with van der Waals surface area (Å²) in [5, 5.41) is 15.7. The number of carbonyl (C=O) groups is 1. The zero-order chi connectivity index (χ0) is 23.0. The van der Waals surface area contributed by atoms with Gasteiger partial charge in [-0.1, -0.05) is 47.5 Å². The Kier molecular flexibility index (Phi) is 5.81. The van der Waals surface area contributed by atoms with Crippen LogP contribution in [0.5, 0.6) is 0 Å². The molecule has 1 N–H and O–H groups in total. The van der Waals surface area contributed by atoms with Gasteiger partial charge >= 0.3 is 5.97 Å². The second-order valence-electron chi connectivity index (χ2n) is 7.07. The molecule has 1 heterocycles. The van der Waals surface area contributed by atoms with Crippen LogP contribution < -0.4 is 0 Å². The zero-order valence-corrected chi connectivity index (χ0v) is 19.0. The van der Waals surface area contributed by atoms with Gasteiger partial charge in [-0.2, -0.15) is 5.10 Å². The molecule has 1 aromatic heterocycles. The lowest BCUT2D eigenvalue weighted by molar-refractivity contribution is 0.0698. The van der Waals surface area contributed by atoms with Crippen molar-refractivity contribution < 1.29 is 18.3 Å². The maximum Gasteiger partial charge on any atom is 0.340 e. The summed E-state index contributed by atoms with van der Waals surface area (Å²) in [6, 6.07) is 19.5. The number of sulfone groups is 1. The Balaban J connectivity index is 2.01. The molecule has 0 saturated heterocycles. The Bertz CT molecular complexity index is 1410. The summed E-state index contributed by atoms with van der Waals surface area (Å²) < 4.78 is 25.2. The number of hydrogen-bond donors (Lipinski definition) is 1. The van der Waals surface area contributed by atoms with E-state index >= 15 is 0 Å². The number of rotatable bonds is 5. The second-order valence-corrected chi connectivity index (χ2v) is 9.96. The number of aromatic nitrogens is 2. The predicted octanol–water partition coefficient (Wildman–Crippen LogP) is 5.61. The fourth-order valence-electron chi connectivity index (χ4n) is 3.33. The van der Waals surface area contributed by atoms with Crippen molar-refractivity contribution in [3.63, 3.8) is 0 Å². The topological polar surface area (TPSA) is 89.3 Å². The minimum absolute atomic E-state index is 0.00170. The van der Waals surface area contributed by atoms with Crippen LogP contribution in [-0.2, 0) is 9.84 Å². The monoisotopic (exact) mass is 486 g/mol. The molecule has 0 aliphatic heterocycles. The molecule has 0 fully saturated rings. The molecular formula is C23H16Cl2N2O4S. The Hall–Kier alpha value is -3.13. The lowest BCUT2D eigenvalue weighted by Gasteiger charge is -2.10. The molecule has 0 spiro atoms. The Morgan fingerprint density at radius 2 is 1.34 bits per heavy atom. The summed E-state index contributed by atoms with van der Waals surface area (Å²) in [4.78, 5) is 12.5. The molecule has 0 saturated carbocycles. The lowest BCUT2D eigenvalue weighted by Crippen LogP contribution is -2.04. The maximum absolute atomic E-state index is 12.4. The molecule has 0 atom stereocenters. The summed E-state index contributed by atoms with van der Waals surface area (Å²) in [7, 11) is -3.38. The molecule has 0 radical (unpaired) electrons. The van der Waals surface area contributed by atoms with E-state index in [9.17, 15) is 18.3 Å². The maximum atomic E-state index is 12.4. The molecule has 9 heteroatoms. The van der Waals surface area contributed by atoms with E-state index in [4.69, 9.17) is 23.2 Å². The predicted molar refractivity (Wildman–Crippen MR) is 125 cm³/mol. The van der Waals surface area contributed by atoms with Gasteiger partial charge < -0.3 is 5.11 Å². The third-order valence-electron chi connectivity index (χ3n) is 4.84. The van der Waals surface area contributed by atoms with E-state index < -0.39 is 15.8 Å². The van der Waals surface area contributed by atoms with Crippen LogP contribution in [0.15, 0.2) is 77.7 Å². The summed E-state index contributed by atoms with van der Waals surface area (Å²) in [5.41, 5.74) is 2.27. The zero-order valence-electron chi connectivity index (χ0n) is 16.7. The normalized spacial score (nSPS) is 11.5. The van der Waals surface area contributed by atoms with E-state index in [-0.39, 0.29) is 16.2 Å². The number of nitrogens with zero attached hydrogens (tertiary/aromatic N) is 2. The first-order valence-electron chi connectivity index (χ1n) is 9.34. The Morgan fingerprint density at radius 3 is 1.81 bits per heavy atom. The van der Waals surface area contributed by atoms with Crippen LogP contribution >= 0.6 is 23.2 Å². The van der Waals surface area contributed by atoms with Crippen molar-refractivity contribution in [3.8, 4) is 28.2 Å². The summed E-state index contributed by atoms with van der Waals surface area (Å²) in [6.45, 7) is 0. The van der Waals surface area contributed by atoms with Crippen molar-refractivity contribution in [2.24, 2.45) is 0 Å². The second kappa shape index (κ2) is 8.43. The Morgan fingerprint density at radius 1 is 0.844 bits per heavy atom. The van der Waals surface area contributed by atoms with E-state index in [1.165, 1.54) is 16.8 Å². The average Bonchev–Trinajstić information content (AvgIpc) is 3.15. The minimum Gasteiger partial charge on any atom is -0.478 e. The first-order valence-corrected chi connectivity index (χ1v) is 12.0. The van der Waals surface area contributed by atoms with Gasteiger partial charge in [0.1, 0.15) is 11.3 Å². The van der Waals surface area contributed by atoms with Crippen LogP contribution in [0.2, 0.25) is 10.0 Å². The van der Waals surface area contributed by atoms with E-state index in [1.54, 1.807) is 60.7 Å². The van der Waals surface area contributed by atoms with E-state index in [2.05, 4.69) is 5.10 Å². The lowest BCUT2D eigenvalue weighted by atomic mass is 10.0. The number of aromatic carboxylic acids is 1. The number of carboxylic acids is 1. The van der Waals surface area contributed by atoms with E-state index in [0.717, 1.165) is 6.26 Å². The van der Waals surface area contributed by atoms with Gasteiger partial charge in [-0.05, 0) is 48.5 Å². The fraction of sp³-hybridized carbons (Fsp3) is 0.0435. The molecule has 3 aromatic carbocycles. The molecule has 0 aliphatic carbocycles. The van der Waals surface area contributed by atoms with E-state index in [1.807, 2.05) is 0 Å². The molecule has 0 amide bonds. The first-order chi connectivity index (χ1) is 15.1. The van der Waals surface area contributed by atoms with Crippen LogP contribution in [0.25, 0.3) is 28.2 Å². The Labute approximate surface area is 194 Å². The minimum atomic E-state index is -3.38. The summed E-state index contributed by atoms with van der Waals surface area (Å²) >= 11 is 12.0. The van der Waals surface area contributed by atoms with Gasteiger partial charge in [0.2, 0.25) is 0 Å². The van der Waals surface area contributed by atoms with Gasteiger partial charge in [-0.25, -0.2) is 17.9 Å². The number of halogens is 2. The summed E-state index contributed by atoms with van der Waals surface area (Å²) in [6.07, 6.45) is 1.12. The molecule has 0 unspecified atom stereocenters. The SMILES string of the molecule is CS(=O)(=O)c1ccc(-n2nc(-c3ccc(Cl)cc3)c(C(=O)O)c2-c2ccc(Cl)cc2)cc1. The molecule has 32 heavy (non-hydrogen) atoms. The highest BCUT2D eigenvalue weighted by Gasteiger charge is 2.26. The van der Waals surface area contributed by atoms with E-state index in [0.29, 0.717) is 32.6 Å². The molecule has 0 aliphatic rings. The van der Waals surface area contributed by atoms with Crippen LogP contribution in [0.4, 0.5) is 0 Å². The van der Waals surface area contributed by atoms with Gasteiger partial charge in [0, 0.05) is 27.4 Å². The third-order valence-corrected chi connectivity index (χ3v) is 6.48. The molecule has 4 rings (SSSR count). The fourth-order valence-corrected chi connectivity index (χ4v) is 4.21. The number of benzene rings is 3.